The summed E-state index contributed by atoms with van der Waals surface area (Å²) in [5.74, 6) is -0.514. The number of nitrogens with one attached hydrogen (secondary N) is 2. The maximum absolute atomic E-state index is 13.5. The summed E-state index contributed by atoms with van der Waals surface area (Å²) in [6, 6.07) is 6.23. The highest BCUT2D eigenvalue weighted by atomic mass is 32.1. The van der Waals surface area contributed by atoms with Crippen molar-refractivity contribution in [3.05, 3.63) is 30.1 Å². The first-order valence-corrected chi connectivity index (χ1v) is 9.39. The topological polar surface area (TPSA) is 41.1 Å². The lowest BCUT2D eigenvalue weighted by Crippen LogP contribution is -2.34. The summed E-state index contributed by atoms with van der Waals surface area (Å²) in [7, 11) is 0. The summed E-state index contributed by atoms with van der Waals surface area (Å²) in [6.07, 6.45) is 11.4. The number of hydrogen-bond donors (Lipinski definition) is 2. The summed E-state index contributed by atoms with van der Waals surface area (Å²) < 4.78 is 13.5. The van der Waals surface area contributed by atoms with Crippen molar-refractivity contribution in [2.24, 2.45) is 0 Å². The van der Waals surface area contributed by atoms with E-state index in [1.54, 1.807) is 18.2 Å². The average Bonchev–Trinajstić information content (AvgIpc) is 2.55. The summed E-state index contributed by atoms with van der Waals surface area (Å²) in [5, 5.41) is 5.44. The van der Waals surface area contributed by atoms with Gasteiger partial charge in [-0.3, -0.25) is 4.79 Å². The summed E-state index contributed by atoms with van der Waals surface area (Å²) in [6.45, 7) is 2.22. The number of amides is 1. The molecule has 0 saturated heterocycles. The minimum atomic E-state index is -0.395. The van der Waals surface area contributed by atoms with Gasteiger partial charge in [-0.15, -0.1) is 0 Å². The number of halogens is 1. The minimum absolute atomic E-state index is 0.119. The molecule has 0 aliphatic heterocycles. The fourth-order valence-electron chi connectivity index (χ4n) is 2.50. The molecule has 24 heavy (non-hydrogen) atoms. The van der Waals surface area contributed by atoms with E-state index >= 15 is 0 Å². The molecule has 0 fully saturated rings. The van der Waals surface area contributed by atoms with Crippen LogP contribution in [0.4, 0.5) is 10.1 Å². The van der Waals surface area contributed by atoms with Crippen molar-refractivity contribution in [3.8, 4) is 0 Å². The van der Waals surface area contributed by atoms with E-state index in [-0.39, 0.29) is 16.7 Å². The zero-order chi connectivity index (χ0) is 17.6. The van der Waals surface area contributed by atoms with Gasteiger partial charge in [0.25, 0.3) is 0 Å². The number of rotatable bonds is 11. The molecule has 0 spiro atoms. The quantitative estimate of drug-likeness (QED) is 0.405. The van der Waals surface area contributed by atoms with Crippen LogP contribution in [0.15, 0.2) is 24.3 Å². The highest BCUT2D eigenvalue weighted by Crippen LogP contribution is 2.12. The van der Waals surface area contributed by atoms with Crippen LogP contribution in [0.2, 0.25) is 0 Å². The van der Waals surface area contributed by atoms with Crippen LogP contribution in [0, 0.1) is 5.82 Å². The second kappa shape index (κ2) is 12.9. The molecule has 0 aliphatic rings. The number of carbonyl (C=O) groups excluding carboxylic acids is 1. The third-order valence-electron chi connectivity index (χ3n) is 3.88. The molecule has 1 amide bonds. The Bertz CT molecular complexity index is 508. The van der Waals surface area contributed by atoms with Crippen LogP contribution in [0.5, 0.6) is 0 Å². The Morgan fingerprint density at radius 3 is 2.21 bits per heavy atom. The van der Waals surface area contributed by atoms with Crippen LogP contribution in [0.25, 0.3) is 0 Å². The highest BCUT2D eigenvalue weighted by Gasteiger charge is 2.07. The van der Waals surface area contributed by atoms with Gasteiger partial charge in [0, 0.05) is 6.42 Å². The molecule has 1 rings (SSSR count). The van der Waals surface area contributed by atoms with Gasteiger partial charge in [-0.25, -0.2) is 4.39 Å². The van der Waals surface area contributed by atoms with Gasteiger partial charge >= 0.3 is 0 Å². The first kappa shape index (κ1) is 20.6. The number of anilines is 1. The minimum Gasteiger partial charge on any atom is -0.330 e. The lowest BCUT2D eigenvalue weighted by atomic mass is 10.1. The lowest BCUT2D eigenvalue weighted by molar-refractivity contribution is -0.119. The first-order chi connectivity index (χ1) is 11.6. The van der Waals surface area contributed by atoms with Crippen molar-refractivity contribution in [1.82, 2.24) is 5.32 Å². The fraction of sp³-hybridized carbons (Fsp3) is 0.579. The maximum Gasteiger partial charge on any atom is 0.226 e. The predicted molar refractivity (Wildman–Crippen MR) is 103 cm³/mol. The van der Waals surface area contributed by atoms with E-state index in [1.165, 1.54) is 51.0 Å². The molecule has 0 radical (unpaired) electrons. The van der Waals surface area contributed by atoms with Crippen LogP contribution in [-0.4, -0.2) is 11.0 Å². The smallest absolute Gasteiger partial charge is 0.226 e. The van der Waals surface area contributed by atoms with Gasteiger partial charge in [0.15, 0.2) is 5.11 Å². The van der Waals surface area contributed by atoms with E-state index < -0.39 is 5.82 Å². The molecule has 0 aromatic heterocycles. The summed E-state index contributed by atoms with van der Waals surface area (Å²) in [5.41, 5.74) is 0.269. The molecule has 5 heteroatoms. The Morgan fingerprint density at radius 1 is 1.00 bits per heavy atom. The molecule has 2 N–H and O–H groups in total. The van der Waals surface area contributed by atoms with Crippen molar-refractivity contribution < 1.29 is 9.18 Å². The normalized spacial score (nSPS) is 10.4. The standard InChI is InChI=1S/C19H29FN2OS/c1-2-3-4-5-6-7-8-9-10-15-18(23)22-19(24)21-17-14-12-11-13-16(17)20/h11-14H,2-10,15H2,1H3,(H2,21,22,23,24). The molecule has 0 atom stereocenters. The van der Waals surface area contributed by atoms with Gasteiger partial charge in [0.05, 0.1) is 5.69 Å². The van der Waals surface area contributed by atoms with Crippen molar-refractivity contribution >= 4 is 28.9 Å². The monoisotopic (exact) mass is 352 g/mol. The van der Waals surface area contributed by atoms with Gasteiger partial charge in [-0.2, -0.15) is 0 Å². The molecule has 0 aliphatic carbocycles. The van der Waals surface area contributed by atoms with E-state index in [4.69, 9.17) is 12.2 Å². The fourth-order valence-corrected chi connectivity index (χ4v) is 2.73. The second-order valence-corrected chi connectivity index (χ2v) is 6.47. The van der Waals surface area contributed by atoms with Crippen molar-refractivity contribution in [1.29, 1.82) is 0 Å². The number of hydrogen-bond acceptors (Lipinski definition) is 2. The SMILES string of the molecule is CCCCCCCCCCCC(=O)NC(=S)Nc1ccccc1F. The molecule has 1 aromatic rings. The summed E-state index contributed by atoms with van der Waals surface area (Å²) in [4.78, 5) is 11.8. The number of benzene rings is 1. The summed E-state index contributed by atoms with van der Waals surface area (Å²) >= 11 is 5.03. The van der Waals surface area contributed by atoms with Gasteiger partial charge < -0.3 is 10.6 Å². The van der Waals surface area contributed by atoms with Crippen LogP contribution in [0.1, 0.15) is 71.1 Å². The number of para-hydroxylation sites is 1. The first-order valence-electron chi connectivity index (χ1n) is 8.99. The Labute approximate surface area is 150 Å². The highest BCUT2D eigenvalue weighted by molar-refractivity contribution is 7.80. The Kier molecular flexibility index (Phi) is 11.0. The average molecular weight is 353 g/mol. The molecule has 0 unspecified atom stereocenters. The third-order valence-corrected chi connectivity index (χ3v) is 4.09. The molecule has 0 bridgehead atoms. The molecule has 134 valence electrons. The molecule has 0 heterocycles. The zero-order valence-electron chi connectivity index (χ0n) is 14.6. The van der Waals surface area contributed by atoms with Crippen LogP contribution in [-0.2, 0) is 4.79 Å². The number of thiocarbonyl (C=S) groups is 1. The Balaban J connectivity index is 2.05. The third kappa shape index (κ3) is 9.60. The van der Waals surface area contributed by atoms with Crippen LogP contribution in [0.3, 0.4) is 0 Å². The molecule has 3 nitrogen and oxygen atoms in total. The van der Waals surface area contributed by atoms with Gasteiger partial charge in [-0.1, -0.05) is 70.4 Å². The second-order valence-electron chi connectivity index (χ2n) is 6.06. The van der Waals surface area contributed by atoms with Crippen LogP contribution >= 0.6 is 12.2 Å². The maximum atomic E-state index is 13.5. The largest absolute Gasteiger partial charge is 0.330 e. The van der Waals surface area contributed by atoms with Crippen molar-refractivity contribution in [2.45, 2.75) is 71.1 Å². The molecule has 0 saturated carbocycles. The molecule has 1 aromatic carbocycles. The van der Waals surface area contributed by atoms with E-state index in [9.17, 15) is 9.18 Å². The zero-order valence-corrected chi connectivity index (χ0v) is 15.4. The number of unbranched alkanes of at least 4 members (excludes halogenated alkanes) is 8. The van der Waals surface area contributed by atoms with Gasteiger partial charge in [0.2, 0.25) is 5.91 Å². The van der Waals surface area contributed by atoms with Gasteiger partial charge in [0.1, 0.15) is 5.82 Å². The van der Waals surface area contributed by atoms with Crippen molar-refractivity contribution in [2.75, 3.05) is 5.32 Å². The van der Waals surface area contributed by atoms with E-state index in [0.717, 1.165) is 12.8 Å². The van der Waals surface area contributed by atoms with Gasteiger partial charge in [-0.05, 0) is 30.8 Å². The van der Waals surface area contributed by atoms with E-state index in [2.05, 4.69) is 17.6 Å². The Morgan fingerprint density at radius 2 is 1.58 bits per heavy atom. The lowest BCUT2D eigenvalue weighted by Gasteiger charge is -2.10. The molecular weight excluding hydrogens is 323 g/mol. The van der Waals surface area contributed by atoms with E-state index in [0.29, 0.717) is 6.42 Å². The predicted octanol–water partition coefficient (Wildman–Crippen LogP) is 5.56. The van der Waals surface area contributed by atoms with Crippen LogP contribution < -0.4 is 10.6 Å². The van der Waals surface area contributed by atoms with Crippen molar-refractivity contribution in [3.63, 3.8) is 0 Å². The Hall–Kier alpha value is -1.49. The number of carbonyl (C=O) groups is 1. The molecular formula is C19H29FN2OS. The van der Waals surface area contributed by atoms with E-state index in [1.807, 2.05) is 0 Å².